The molecule has 2 heterocycles. The Morgan fingerprint density at radius 1 is 1.14 bits per heavy atom. The van der Waals surface area contributed by atoms with Crippen LogP contribution >= 0.6 is 0 Å². The highest BCUT2D eigenvalue weighted by Crippen LogP contribution is 2.33. The molecule has 3 aromatic rings. The fraction of sp³-hybridized carbons (Fsp3) is 0.176. The summed E-state index contributed by atoms with van der Waals surface area (Å²) in [5.74, 6) is -0.0313. The Kier molecular flexibility index (Phi) is 5.13. The van der Waals surface area contributed by atoms with Gasteiger partial charge >= 0.3 is 6.18 Å². The van der Waals surface area contributed by atoms with Crippen LogP contribution in [-0.2, 0) is 23.2 Å². The predicted octanol–water partition coefficient (Wildman–Crippen LogP) is 3.15. The molecule has 0 aliphatic carbocycles. The van der Waals surface area contributed by atoms with Crippen molar-refractivity contribution in [2.75, 3.05) is 12.4 Å². The first-order chi connectivity index (χ1) is 13.1. The van der Waals surface area contributed by atoms with Crippen molar-refractivity contribution in [3.05, 3.63) is 54.6 Å². The molecule has 0 aliphatic heterocycles. The van der Waals surface area contributed by atoms with Gasteiger partial charge in [0.2, 0.25) is 10.0 Å². The van der Waals surface area contributed by atoms with E-state index in [-0.39, 0.29) is 10.7 Å². The smallest absolute Gasteiger partial charge is 0.340 e. The van der Waals surface area contributed by atoms with Gasteiger partial charge in [0, 0.05) is 24.5 Å². The lowest BCUT2D eigenvalue weighted by molar-refractivity contribution is -0.141. The van der Waals surface area contributed by atoms with Gasteiger partial charge in [-0.15, -0.1) is 0 Å². The van der Waals surface area contributed by atoms with E-state index in [0.29, 0.717) is 16.9 Å². The minimum absolute atomic E-state index is 0.00166. The Balaban J connectivity index is 2.08. The largest absolute Gasteiger partial charge is 0.433 e. The molecule has 0 atom stereocenters. The van der Waals surface area contributed by atoms with Crippen molar-refractivity contribution in [2.45, 2.75) is 11.1 Å². The summed E-state index contributed by atoms with van der Waals surface area (Å²) in [6.07, 6.45) is -1.39. The van der Waals surface area contributed by atoms with Gasteiger partial charge in [0.1, 0.15) is 11.5 Å². The average molecular weight is 411 g/mol. The average Bonchev–Trinajstić information content (AvgIpc) is 3.07. The van der Waals surface area contributed by atoms with Gasteiger partial charge in [-0.2, -0.15) is 13.2 Å². The first kappa shape index (κ1) is 19.8. The molecule has 2 N–H and O–H groups in total. The lowest BCUT2D eigenvalue weighted by atomic mass is 10.1. The highest BCUT2D eigenvalue weighted by Gasteiger charge is 2.32. The second-order valence-corrected chi connectivity index (χ2v) is 7.76. The van der Waals surface area contributed by atoms with E-state index in [1.54, 1.807) is 17.8 Å². The molecule has 0 saturated carbocycles. The predicted molar refractivity (Wildman–Crippen MR) is 97.4 cm³/mol. The van der Waals surface area contributed by atoms with E-state index in [4.69, 9.17) is 0 Å². The van der Waals surface area contributed by atoms with Gasteiger partial charge in [-0.1, -0.05) is 6.07 Å². The number of pyridine rings is 1. The number of hydrogen-bond donors (Lipinski definition) is 2. The standard InChI is InChI=1S/C17H16F3N5O2S/c1-21-28(26,27)11-6-7-13(12(8-11)14-9-25(2)10-22-14)23-16-5-3-4-15(24-16)17(18,19)20/h3-10,21H,1-2H3,(H,23,24). The van der Waals surface area contributed by atoms with Gasteiger partial charge in [0.15, 0.2) is 0 Å². The third kappa shape index (κ3) is 4.15. The summed E-state index contributed by atoms with van der Waals surface area (Å²) in [5, 5.41) is 2.81. The van der Waals surface area contributed by atoms with E-state index in [9.17, 15) is 21.6 Å². The maximum atomic E-state index is 12.9. The van der Waals surface area contributed by atoms with Crippen LogP contribution in [0.3, 0.4) is 0 Å². The number of benzene rings is 1. The van der Waals surface area contributed by atoms with Crippen LogP contribution in [0.15, 0.2) is 53.8 Å². The minimum Gasteiger partial charge on any atom is -0.340 e. The van der Waals surface area contributed by atoms with E-state index < -0.39 is 21.9 Å². The molecule has 28 heavy (non-hydrogen) atoms. The monoisotopic (exact) mass is 411 g/mol. The molecule has 0 spiro atoms. The van der Waals surface area contributed by atoms with Gasteiger partial charge in [0.05, 0.1) is 16.9 Å². The third-order valence-corrected chi connectivity index (χ3v) is 5.27. The van der Waals surface area contributed by atoms with Crippen LogP contribution in [0, 0.1) is 0 Å². The van der Waals surface area contributed by atoms with Crippen molar-refractivity contribution in [2.24, 2.45) is 7.05 Å². The molecule has 11 heteroatoms. The van der Waals surface area contributed by atoms with Crippen molar-refractivity contribution >= 4 is 21.5 Å². The molecular formula is C17H16F3N5O2S. The Morgan fingerprint density at radius 2 is 1.89 bits per heavy atom. The summed E-state index contributed by atoms with van der Waals surface area (Å²) in [6.45, 7) is 0. The minimum atomic E-state index is -4.58. The molecule has 0 aliphatic rings. The highest BCUT2D eigenvalue weighted by atomic mass is 32.2. The molecule has 0 radical (unpaired) electrons. The van der Waals surface area contributed by atoms with Crippen molar-refractivity contribution in [3.8, 4) is 11.3 Å². The van der Waals surface area contributed by atoms with Crippen molar-refractivity contribution in [3.63, 3.8) is 0 Å². The molecule has 0 amide bonds. The van der Waals surface area contributed by atoms with Gasteiger partial charge < -0.3 is 9.88 Å². The molecule has 3 rings (SSSR count). The third-order valence-electron chi connectivity index (χ3n) is 3.85. The lowest BCUT2D eigenvalue weighted by Crippen LogP contribution is -2.18. The molecule has 0 unspecified atom stereocenters. The number of anilines is 2. The maximum absolute atomic E-state index is 12.9. The number of nitrogens with zero attached hydrogens (tertiary/aromatic N) is 3. The van der Waals surface area contributed by atoms with Crippen LogP contribution in [0.4, 0.5) is 24.7 Å². The molecule has 0 fully saturated rings. The number of aryl methyl sites for hydroxylation is 1. The van der Waals surface area contributed by atoms with Crippen LogP contribution in [0.25, 0.3) is 11.3 Å². The number of alkyl halides is 3. The van der Waals surface area contributed by atoms with Crippen LogP contribution in [0.2, 0.25) is 0 Å². The van der Waals surface area contributed by atoms with E-state index in [0.717, 1.165) is 6.07 Å². The van der Waals surface area contributed by atoms with Crippen molar-refractivity contribution < 1.29 is 21.6 Å². The number of nitrogens with one attached hydrogen (secondary N) is 2. The second-order valence-electron chi connectivity index (χ2n) is 5.87. The summed E-state index contributed by atoms with van der Waals surface area (Å²) >= 11 is 0. The van der Waals surface area contributed by atoms with Gasteiger partial charge in [-0.25, -0.2) is 23.1 Å². The van der Waals surface area contributed by atoms with Crippen molar-refractivity contribution in [1.82, 2.24) is 19.3 Å². The van der Waals surface area contributed by atoms with Crippen LogP contribution < -0.4 is 10.0 Å². The first-order valence-electron chi connectivity index (χ1n) is 7.97. The molecule has 7 nitrogen and oxygen atoms in total. The molecule has 1 aromatic carbocycles. The number of sulfonamides is 1. The SMILES string of the molecule is CNS(=O)(=O)c1ccc(Nc2cccc(C(F)(F)F)n2)c(-c2cn(C)cn2)c1. The van der Waals surface area contributed by atoms with Crippen LogP contribution in [0.1, 0.15) is 5.69 Å². The van der Waals surface area contributed by atoms with Gasteiger partial charge in [0.25, 0.3) is 0 Å². The Hall–Kier alpha value is -2.92. The van der Waals surface area contributed by atoms with E-state index >= 15 is 0 Å². The van der Waals surface area contributed by atoms with E-state index in [1.807, 2.05) is 0 Å². The zero-order chi connectivity index (χ0) is 20.5. The Labute approximate surface area is 159 Å². The number of hydrogen-bond acceptors (Lipinski definition) is 5. The fourth-order valence-electron chi connectivity index (χ4n) is 2.48. The summed E-state index contributed by atoms with van der Waals surface area (Å²) in [6, 6.07) is 7.68. The number of halogens is 3. The number of aromatic nitrogens is 3. The van der Waals surface area contributed by atoms with Gasteiger partial charge in [-0.05, 0) is 37.4 Å². The quantitative estimate of drug-likeness (QED) is 0.673. The molecule has 0 saturated heterocycles. The topological polar surface area (TPSA) is 88.9 Å². The highest BCUT2D eigenvalue weighted by molar-refractivity contribution is 7.89. The van der Waals surface area contributed by atoms with E-state index in [1.165, 1.54) is 43.7 Å². The van der Waals surface area contributed by atoms with Crippen LogP contribution in [0.5, 0.6) is 0 Å². The van der Waals surface area contributed by atoms with E-state index in [2.05, 4.69) is 20.0 Å². The lowest BCUT2D eigenvalue weighted by Gasteiger charge is -2.14. The normalized spacial score (nSPS) is 12.2. The summed E-state index contributed by atoms with van der Waals surface area (Å²) in [5.41, 5.74) is 0.174. The number of rotatable bonds is 5. The zero-order valence-corrected chi connectivity index (χ0v) is 15.6. The van der Waals surface area contributed by atoms with Crippen molar-refractivity contribution in [1.29, 1.82) is 0 Å². The Bertz CT molecular complexity index is 1110. The molecule has 148 valence electrons. The molecular weight excluding hydrogens is 395 g/mol. The second kappa shape index (κ2) is 7.24. The number of imidazole rings is 1. The Morgan fingerprint density at radius 3 is 2.50 bits per heavy atom. The maximum Gasteiger partial charge on any atom is 0.433 e. The first-order valence-corrected chi connectivity index (χ1v) is 9.46. The molecule has 2 aromatic heterocycles. The molecule has 0 bridgehead atoms. The summed E-state index contributed by atoms with van der Waals surface area (Å²) in [4.78, 5) is 7.77. The summed E-state index contributed by atoms with van der Waals surface area (Å²) < 4.78 is 66.8. The van der Waals surface area contributed by atoms with Gasteiger partial charge in [-0.3, -0.25) is 0 Å². The fourth-order valence-corrected chi connectivity index (χ4v) is 3.24. The van der Waals surface area contributed by atoms with Crippen LogP contribution in [-0.4, -0.2) is 30.0 Å². The zero-order valence-electron chi connectivity index (χ0n) is 14.8. The summed E-state index contributed by atoms with van der Waals surface area (Å²) in [7, 11) is -0.686.